The highest BCUT2D eigenvalue weighted by atomic mass is 16.5. The van der Waals surface area contributed by atoms with Gasteiger partial charge < -0.3 is 15.6 Å². The first-order valence-corrected chi connectivity index (χ1v) is 5.90. The van der Waals surface area contributed by atoms with Crippen LogP contribution in [0.5, 0.6) is 11.5 Å². The van der Waals surface area contributed by atoms with E-state index in [2.05, 4.69) is 11.6 Å². The fourth-order valence-electron chi connectivity index (χ4n) is 2.00. The number of phenols is 1. The summed E-state index contributed by atoms with van der Waals surface area (Å²) in [5.41, 5.74) is 7.90. The average molecular weight is 256 g/mol. The van der Waals surface area contributed by atoms with E-state index in [1.165, 1.54) is 0 Å². The number of methoxy groups -OCH3 is 1. The van der Waals surface area contributed by atoms with Crippen molar-refractivity contribution < 1.29 is 9.84 Å². The Morgan fingerprint density at radius 3 is 2.79 bits per heavy atom. The Bertz CT molecular complexity index is 609. The van der Waals surface area contributed by atoms with Crippen molar-refractivity contribution in [3.63, 3.8) is 0 Å². The fraction of sp³-hybridized carbons (Fsp3) is 0.133. The van der Waals surface area contributed by atoms with Gasteiger partial charge in [-0.1, -0.05) is 12.1 Å². The summed E-state index contributed by atoms with van der Waals surface area (Å²) in [7, 11) is 1.57. The molecule has 98 valence electrons. The van der Waals surface area contributed by atoms with E-state index in [4.69, 9.17) is 10.5 Å². The lowest BCUT2D eigenvalue weighted by atomic mass is 10.0. The third-order valence-corrected chi connectivity index (χ3v) is 2.83. The zero-order chi connectivity index (χ0) is 13.8. The van der Waals surface area contributed by atoms with E-state index in [1.54, 1.807) is 31.4 Å². The Kier molecular flexibility index (Phi) is 3.71. The molecule has 19 heavy (non-hydrogen) atoms. The third-order valence-electron chi connectivity index (χ3n) is 2.83. The van der Waals surface area contributed by atoms with E-state index in [1.807, 2.05) is 12.1 Å². The number of hydrogen-bond donors (Lipinski definition) is 2. The standard InChI is InChI=1S/C15H16N2O2/c1-3-5-11-13(18)9-8-10(15(11)19-2)12-6-4-7-14(16)17-12/h3-4,6-9,18H,1,5H2,2H3,(H2,16,17). The Hall–Kier alpha value is -2.49. The molecule has 0 saturated heterocycles. The summed E-state index contributed by atoms with van der Waals surface area (Å²) in [5.74, 6) is 1.22. The molecular formula is C15H16N2O2. The first kappa shape index (κ1) is 13.0. The molecule has 0 atom stereocenters. The second kappa shape index (κ2) is 5.44. The molecule has 0 radical (unpaired) electrons. The van der Waals surface area contributed by atoms with Crippen LogP contribution in [0.3, 0.4) is 0 Å². The zero-order valence-corrected chi connectivity index (χ0v) is 10.8. The van der Waals surface area contributed by atoms with Crippen LogP contribution >= 0.6 is 0 Å². The van der Waals surface area contributed by atoms with E-state index >= 15 is 0 Å². The number of allylic oxidation sites excluding steroid dienone is 1. The van der Waals surface area contributed by atoms with Gasteiger partial charge in [-0.3, -0.25) is 0 Å². The molecule has 1 heterocycles. The SMILES string of the molecule is C=CCc1c(O)ccc(-c2cccc(N)n2)c1OC. The second-order valence-electron chi connectivity index (χ2n) is 4.08. The van der Waals surface area contributed by atoms with Crippen LogP contribution in [-0.2, 0) is 6.42 Å². The first-order valence-electron chi connectivity index (χ1n) is 5.90. The Balaban J connectivity index is 2.63. The minimum absolute atomic E-state index is 0.185. The molecule has 0 aliphatic heterocycles. The number of aromatic hydroxyl groups is 1. The molecule has 4 nitrogen and oxygen atoms in total. The third kappa shape index (κ3) is 2.52. The van der Waals surface area contributed by atoms with Gasteiger partial charge in [0.2, 0.25) is 0 Å². The van der Waals surface area contributed by atoms with Crippen LogP contribution in [0.25, 0.3) is 11.3 Å². The van der Waals surface area contributed by atoms with Gasteiger partial charge >= 0.3 is 0 Å². The lowest BCUT2D eigenvalue weighted by Gasteiger charge is -2.14. The fourth-order valence-corrected chi connectivity index (χ4v) is 2.00. The molecule has 0 saturated carbocycles. The van der Waals surface area contributed by atoms with Crippen molar-refractivity contribution in [2.45, 2.75) is 6.42 Å². The van der Waals surface area contributed by atoms with Gasteiger partial charge in [0, 0.05) is 11.1 Å². The van der Waals surface area contributed by atoms with Crippen LogP contribution in [0.15, 0.2) is 43.0 Å². The molecule has 0 bridgehead atoms. The molecule has 2 rings (SSSR count). The lowest BCUT2D eigenvalue weighted by molar-refractivity contribution is 0.403. The van der Waals surface area contributed by atoms with Crippen molar-refractivity contribution in [1.29, 1.82) is 0 Å². The lowest BCUT2D eigenvalue weighted by Crippen LogP contribution is -1.97. The monoisotopic (exact) mass is 256 g/mol. The highest BCUT2D eigenvalue weighted by Gasteiger charge is 2.15. The molecule has 0 unspecified atom stereocenters. The molecule has 1 aromatic heterocycles. The molecular weight excluding hydrogens is 240 g/mol. The van der Waals surface area contributed by atoms with Gasteiger partial charge in [-0.15, -0.1) is 6.58 Å². The van der Waals surface area contributed by atoms with E-state index in [9.17, 15) is 5.11 Å². The van der Waals surface area contributed by atoms with E-state index in [0.717, 1.165) is 5.56 Å². The number of nitrogens with two attached hydrogens (primary N) is 1. The van der Waals surface area contributed by atoms with E-state index < -0.39 is 0 Å². The summed E-state index contributed by atoms with van der Waals surface area (Å²) >= 11 is 0. The van der Waals surface area contributed by atoms with Crippen LogP contribution in [-0.4, -0.2) is 17.2 Å². The average Bonchev–Trinajstić information content (AvgIpc) is 2.41. The number of hydrogen-bond acceptors (Lipinski definition) is 4. The van der Waals surface area contributed by atoms with Gasteiger partial charge in [-0.05, 0) is 30.7 Å². The number of nitrogen functional groups attached to an aromatic ring is 1. The van der Waals surface area contributed by atoms with Gasteiger partial charge in [-0.25, -0.2) is 4.98 Å². The van der Waals surface area contributed by atoms with Crippen molar-refractivity contribution in [1.82, 2.24) is 4.98 Å². The van der Waals surface area contributed by atoms with Crippen molar-refractivity contribution in [3.05, 3.63) is 48.6 Å². The predicted molar refractivity (Wildman–Crippen MR) is 76.2 cm³/mol. The Morgan fingerprint density at radius 1 is 1.37 bits per heavy atom. The summed E-state index contributed by atoms with van der Waals surface area (Å²) in [5, 5.41) is 9.91. The van der Waals surface area contributed by atoms with Crippen LogP contribution in [0, 0.1) is 0 Å². The molecule has 1 aromatic carbocycles. The molecule has 2 aromatic rings. The van der Waals surface area contributed by atoms with Crippen molar-refractivity contribution >= 4 is 5.82 Å². The summed E-state index contributed by atoms with van der Waals surface area (Å²) in [6, 6.07) is 8.80. The van der Waals surface area contributed by atoms with Gasteiger partial charge in [0.05, 0.1) is 12.8 Å². The molecule has 3 N–H and O–H groups in total. The van der Waals surface area contributed by atoms with E-state index in [0.29, 0.717) is 29.2 Å². The molecule has 0 fully saturated rings. The Labute approximate surface area is 112 Å². The summed E-state index contributed by atoms with van der Waals surface area (Å²) in [4.78, 5) is 4.27. The number of benzene rings is 1. The largest absolute Gasteiger partial charge is 0.508 e. The maximum Gasteiger partial charge on any atom is 0.135 e. The second-order valence-corrected chi connectivity index (χ2v) is 4.08. The minimum atomic E-state index is 0.185. The first-order chi connectivity index (χ1) is 9.17. The molecule has 0 spiro atoms. The normalized spacial score (nSPS) is 10.2. The van der Waals surface area contributed by atoms with Crippen molar-refractivity contribution in [3.8, 4) is 22.8 Å². The van der Waals surface area contributed by atoms with Crippen LogP contribution in [0.1, 0.15) is 5.56 Å². The quantitative estimate of drug-likeness (QED) is 0.825. The molecule has 0 aliphatic rings. The highest BCUT2D eigenvalue weighted by molar-refractivity contribution is 5.72. The molecule has 4 heteroatoms. The van der Waals surface area contributed by atoms with Crippen LogP contribution < -0.4 is 10.5 Å². The zero-order valence-electron chi connectivity index (χ0n) is 10.8. The summed E-state index contributed by atoms with van der Waals surface area (Å²) < 4.78 is 5.42. The van der Waals surface area contributed by atoms with Crippen molar-refractivity contribution in [2.24, 2.45) is 0 Å². The summed E-state index contributed by atoms with van der Waals surface area (Å²) in [6.45, 7) is 3.69. The summed E-state index contributed by atoms with van der Waals surface area (Å²) in [6.07, 6.45) is 2.24. The van der Waals surface area contributed by atoms with Crippen molar-refractivity contribution in [2.75, 3.05) is 12.8 Å². The Morgan fingerprint density at radius 2 is 2.16 bits per heavy atom. The maximum absolute atomic E-state index is 9.91. The maximum atomic E-state index is 9.91. The number of rotatable bonds is 4. The van der Waals surface area contributed by atoms with Gasteiger partial charge in [0.25, 0.3) is 0 Å². The predicted octanol–water partition coefficient (Wildman–Crippen LogP) is 2.77. The highest BCUT2D eigenvalue weighted by Crippen LogP contribution is 2.37. The number of anilines is 1. The van der Waals surface area contributed by atoms with Gasteiger partial charge in [0.15, 0.2) is 0 Å². The number of phenolic OH excluding ortho intramolecular Hbond substituents is 1. The molecule has 0 amide bonds. The number of aromatic nitrogens is 1. The van der Waals surface area contributed by atoms with E-state index in [-0.39, 0.29) is 5.75 Å². The topological polar surface area (TPSA) is 68.4 Å². The number of nitrogens with zero attached hydrogens (tertiary/aromatic N) is 1. The molecule has 0 aliphatic carbocycles. The number of ether oxygens (including phenoxy) is 1. The number of pyridine rings is 1. The van der Waals surface area contributed by atoms with Gasteiger partial charge in [0.1, 0.15) is 17.3 Å². The van der Waals surface area contributed by atoms with Gasteiger partial charge in [-0.2, -0.15) is 0 Å². The van der Waals surface area contributed by atoms with Crippen LogP contribution in [0.2, 0.25) is 0 Å². The van der Waals surface area contributed by atoms with Crippen LogP contribution in [0.4, 0.5) is 5.82 Å². The minimum Gasteiger partial charge on any atom is -0.508 e. The smallest absolute Gasteiger partial charge is 0.135 e.